The first-order chi connectivity index (χ1) is 29.3. The largest absolute Gasteiger partial charge is 0.375 e. The molecule has 0 saturated carbocycles. The number of nitrogens with zero attached hydrogens (tertiary/aromatic N) is 4. The Morgan fingerprint density at radius 2 is 1.08 bits per heavy atom. The standard InChI is InChI=1S/C23H19ClN4O3S.C21H17ClN4O2S/c1-13(26-21(30)19-12-25-23(32-19)27-14(2)29)18-11-15-7-6-10-17(24)20(15)22(31)28(18)16-8-4-3-5-9-16;1-12(25-19(27)17-11-24-21(23)29-17)16-10-13-6-5-9-15(22)18(13)20(28)26(16)14-7-3-2-4-8-14/h3-13H,1-2H3,(H,26,30)(H,25,27,29);2-12H,1H3,(H2,23,24)(H,25,27)/t13-;12-/m00/s1. The van der Waals surface area contributed by atoms with Crippen molar-refractivity contribution >= 4 is 95.4 Å². The van der Waals surface area contributed by atoms with Crippen LogP contribution in [-0.2, 0) is 4.79 Å². The number of fused-ring (bicyclic) bond motifs is 2. The Kier molecular flexibility index (Phi) is 12.8. The van der Waals surface area contributed by atoms with E-state index in [9.17, 15) is 24.0 Å². The van der Waals surface area contributed by atoms with Crippen LogP contribution in [0.15, 0.2) is 131 Å². The number of halogens is 2. The molecule has 13 nitrogen and oxygen atoms in total. The van der Waals surface area contributed by atoms with Crippen molar-refractivity contribution < 1.29 is 14.4 Å². The van der Waals surface area contributed by atoms with Crippen molar-refractivity contribution in [3.8, 4) is 11.4 Å². The summed E-state index contributed by atoms with van der Waals surface area (Å²) >= 11 is 14.8. The lowest BCUT2D eigenvalue weighted by Gasteiger charge is -2.21. The fraction of sp³-hybridized carbons (Fsp3) is 0.114. The van der Waals surface area contributed by atoms with Gasteiger partial charge in [0.15, 0.2) is 10.3 Å². The minimum atomic E-state index is -0.509. The van der Waals surface area contributed by atoms with Crippen molar-refractivity contribution in [3.05, 3.63) is 173 Å². The number of benzene rings is 4. The van der Waals surface area contributed by atoms with Gasteiger partial charge in [0, 0.05) is 29.7 Å². The molecule has 0 radical (unpaired) electrons. The number of para-hydroxylation sites is 2. The first-order valence-corrected chi connectivity index (χ1v) is 21.0. The molecule has 0 aliphatic heterocycles. The Hall–Kier alpha value is -6.65. The van der Waals surface area contributed by atoms with E-state index in [4.69, 9.17) is 28.9 Å². The van der Waals surface area contributed by atoms with Crippen LogP contribution in [0.1, 0.15) is 63.6 Å². The smallest absolute Gasteiger partial charge is 0.264 e. The molecule has 61 heavy (non-hydrogen) atoms. The molecule has 5 N–H and O–H groups in total. The van der Waals surface area contributed by atoms with Crippen molar-refractivity contribution in [2.75, 3.05) is 11.1 Å². The molecule has 4 aromatic carbocycles. The number of thiazole rings is 2. The molecule has 8 rings (SSSR count). The molecule has 0 fully saturated rings. The van der Waals surface area contributed by atoms with Crippen LogP contribution in [0.2, 0.25) is 10.0 Å². The van der Waals surface area contributed by atoms with E-state index in [2.05, 4.69) is 25.9 Å². The van der Waals surface area contributed by atoms with E-state index in [0.717, 1.165) is 22.7 Å². The van der Waals surface area contributed by atoms with Gasteiger partial charge in [0.25, 0.3) is 22.9 Å². The van der Waals surface area contributed by atoms with Crippen LogP contribution in [0.25, 0.3) is 32.9 Å². The van der Waals surface area contributed by atoms with E-state index >= 15 is 0 Å². The van der Waals surface area contributed by atoms with E-state index in [1.165, 1.54) is 19.3 Å². The highest BCUT2D eigenvalue weighted by Gasteiger charge is 2.22. The number of nitrogens with two attached hydrogens (primary N) is 1. The molecule has 0 unspecified atom stereocenters. The topological polar surface area (TPSA) is 183 Å². The van der Waals surface area contributed by atoms with E-state index in [1.54, 1.807) is 40.3 Å². The average molecular weight is 892 g/mol. The molecule has 0 aliphatic carbocycles. The molecule has 4 heterocycles. The number of carbonyl (C=O) groups is 3. The third-order valence-corrected chi connectivity index (χ3v) is 11.8. The Morgan fingerprint density at radius 3 is 1.51 bits per heavy atom. The maximum atomic E-state index is 13.5. The van der Waals surface area contributed by atoms with Gasteiger partial charge in [-0.2, -0.15) is 0 Å². The SMILES string of the molecule is CC(=O)Nc1ncc(C(=O)N[C@@H](C)c2cc3cccc(Cl)c3c(=O)n2-c2ccccc2)s1.C[C@H](NC(=O)c1cnc(N)s1)c1cc2cccc(Cl)c2c(=O)n1-c1ccccc1. The van der Waals surface area contributed by atoms with E-state index < -0.39 is 12.1 Å². The predicted molar refractivity (Wildman–Crippen MR) is 244 cm³/mol. The monoisotopic (exact) mass is 890 g/mol. The Balaban J connectivity index is 0.000000185. The second-order valence-electron chi connectivity index (χ2n) is 13.7. The zero-order chi connectivity index (χ0) is 43.4. The first kappa shape index (κ1) is 42.5. The number of nitrogens with one attached hydrogen (secondary N) is 3. The van der Waals surface area contributed by atoms with Crippen LogP contribution < -0.4 is 32.8 Å². The van der Waals surface area contributed by atoms with Crippen LogP contribution in [0.4, 0.5) is 10.3 Å². The van der Waals surface area contributed by atoms with E-state index in [-0.39, 0.29) is 28.8 Å². The van der Waals surface area contributed by atoms with Gasteiger partial charge in [0.2, 0.25) is 5.91 Å². The van der Waals surface area contributed by atoms with Gasteiger partial charge in [-0.1, -0.05) is 107 Å². The fourth-order valence-electron chi connectivity index (χ4n) is 6.67. The number of hydrogen-bond acceptors (Lipinski definition) is 10. The summed E-state index contributed by atoms with van der Waals surface area (Å²) in [7, 11) is 0. The van der Waals surface area contributed by atoms with Gasteiger partial charge in [0.1, 0.15) is 9.75 Å². The van der Waals surface area contributed by atoms with Crippen LogP contribution in [0.3, 0.4) is 0 Å². The van der Waals surface area contributed by atoms with Gasteiger partial charge < -0.3 is 21.7 Å². The molecule has 0 aliphatic rings. The summed E-state index contributed by atoms with van der Waals surface area (Å²) in [4.78, 5) is 72.1. The van der Waals surface area contributed by atoms with E-state index in [0.29, 0.717) is 74.4 Å². The molecular formula is C44H36Cl2N8O5S2. The van der Waals surface area contributed by atoms with Crippen LogP contribution >= 0.6 is 45.9 Å². The third-order valence-electron chi connectivity index (χ3n) is 9.42. The maximum Gasteiger partial charge on any atom is 0.264 e. The minimum absolute atomic E-state index is 0.238. The number of anilines is 2. The second-order valence-corrected chi connectivity index (χ2v) is 16.6. The Bertz CT molecular complexity index is 3060. The molecule has 3 amide bonds. The lowest BCUT2D eigenvalue weighted by Crippen LogP contribution is -2.31. The second kappa shape index (κ2) is 18.3. The highest BCUT2D eigenvalue weighted by molar-refractivity contribution is 7.17. The van der Waals surface area contributed by atoms with Gasteiger partial charge in [-0.3, -0.25) is 33.1 Å². The summed E-state index contributed by atoms with van der Waals surface area (Å²) in [6.07, 6.45) is 2.84. The van der Waals surface area contributed by atoms with Gasteiger partial charge >= 0.3 is 0 Å². The number of nitrogen functional groups attached to an aromatic ring is 1. The molecule has 8 aromatic rings. The van der Waals surface area contributed by atoms with Crippen molar-refractivity contribution in [3.63, 3.8) is 0 Å². The van der Waals surface area contributed by atoms with Crippen molar-refractivity contribution in [2.24, 2.45) is 0 Å². The van der Waals surface area contributed by atoms with Gasteiger partial charge in [-0.25, -0.2) is 9.97 Å². The van der Waals surface area contributed by atoms with Gasteiger partial charge in [0.05, 0.1) is 45.3 Å². The van der Waals surface area contributed by atoms with Crippen molar-refractivity contribution in [2.45, 2.75) is 32.9 Å². The number of carbonyl (C=O) groups excluding carboxylic acids is 3. The predicted octanol–water partition coefficient (Wildman–Crippen LogP) is 8.72. The number of amides is 3. The van der Waals surface area contributed by atoms with E-state index in [1.807, 2.05) is 91.9 Å². The first-order valence-electron chi connectivity index (χ1n) is 18.7. The summed E-state index contributed by atoms with van der Waals surface area (Å²) in [5.74, 6) is -0.920. The van der Waals surface area contributed by atoms with Crippen molar-refractivity contribution in [1.29, 1.82) is 0 Å². The highest BCUT2D eigenvalue weighted by Crippen LogP contribution is 2.28. The van der Waals surface area contributed by atoms with Crippen LogP contribution in [-0.4, -0.2) is 36.8 Å². The van der Waals surface area contributed by atoms with Gasteiger partial charge in [-0.15, -0.1) is 0 Å². The summed E-state index contributed by atoms with van der Waals surface area (Å²) in [6.45, 7) is 5.00. The fourth-order valence-corrected chi connectivity index (χ4v) is 8.55. The normalized spacial score (nSPS) is 12.0. The lowest BCUT2D eigenvalue weighted by molar-refractivity contribution is -0.114. The zero-order valence-electron chi connectivity index (χ0n) is 32.7. The number of rotatable bonds is 9. The molecule has 2 atom stereocenters. The average Bonchev–Trinajstić information content (AvgIpc) is 3.90. The maximum absolute atomic E-state index is 13.5. The number of pyridine rings is 2. The summed E-state index contributed by atoms with van der Waals surface area (Å²) in [5, 5.41) is 12.1. The quantitative estimate of drug-likeness (QED) is 0.111. The summed E-state index contributed by atoms with van der Waals surface area (Å²) < 4.78 is 3.15. The van der Waals surface area contributed by atoms with Crippen LogP contribution in [0.5, 0.6) is 0 Å². The zero-order valence-corrected chi connectivity index (χ0v) is 35.8. The summed E-state index contributed by atoms with van der Waals surface area (Å²) in [6, 6.07) is 31.8. The number of aromatic nitrogens is 4. The highest BCUT2D eigenvalue weighted by atomic mass is 35.5. The lowest BCUT2D eigenvalue weighted by atomic mass is 10.1. The molecule has 0 spiro atoms. The molecule has 0 bridgehead atoms. The van der Waals surface area contributed by atoms with Crippen molar-refractivity contribution in [1.82, 2.24) is 29.7 Å². The van der Waals surface area contributed by atoms with Crippen LogP contribution in [0, 0.1) is 0 Å². The Morgan fingerprint density at radius 1 is 0.639 bits per heavy atom. The molecule has 0 saturated heterocycles. The molecular weight excluding hydrogens is 856 g/mol. The Labute approximate surface area is 366 Å². The summed E-state index contributed by atoms with van der Waals surface area (Å²) in [5.41, 5.74) is 7.73. The number of hydrogen-bond donors (Lipinski definition) is 4. The minimum Gasteiger partial charge on any atom is -0.375 e. The molecule has 4 aromatic heterocycles. The van der Waals surface area contributed by atoms with Gasteiger partial charge in [-0.05, 0) is 73.2 Å². The third kappa shape index (κ3) is 9.25. The molecule has 308 valence electrons. The molecule has 17 heteroatoms.